The third kappa shape index (κ3) is 0.841. The molecule has 0 radical (unpaired) electrons. The fraction of sp³-hybridized carbons (Fsp3) is 0. The average molecular weight is 152 g/mol. The van der Waals surface area contributed by atoms with Crippen LogP contribution in [0.4, 0.5) is 0 Å². The van der Waals surface area contributed by atoms with Gasteiger partial charge in [0, 0.05) is 11.9 Å². The molecule has 0 bridgehead atoms. The van der Waals surface area contributed by atoms with Crippen LogP contribution in [0, 0.1) is 0 Å². The van der Waals surface area contributed by atoms with Crippen molar-refractivity contribution in [3.8, 4) is 0 Å². The minimum Gasteiger partial charge on any atom is -0.246 e. The first kappa shape index (κ1) is 5.67. The highest BCUT2D eigenvalue weighted by atomic mass is 32.2. The standard InChI is InChI=1S/C5H4N4S/c1-2-8-9-10-5-4(1)6-3-7-5/h1-3,9H. The minimum absolute atomic E-state index is 0.873. The number of nitrogens with one attached hydrogen (secondary N) is 1. The van der Waals surface area contributed by atoms with Gasteiger partial charge in [-0.05, 0) is 6.08 Å². The molecule has 1 N–H and O–H groups in total. The third-order valence-corrected chi connectivity index (χ3v) is 1.80. The molecule has 0 atom stereocenters. The van der Waals surface area contributed by atoms with Gasteiger partial charge in [-0.25, -0.2) is 14.8 Å². The largest absolute Gasteiger partial charge is 0.246 e. The van der Waals surface area contributed by atoms with E-state index in [9.17, 15) is 0 Å². The van der Waals surface area contributed by atoms with E-state index in [0.717, 1.165) is 10.7 Å². The molecule has 0 fully saturated rings. The van der Waals surface area contributed by atoms with E-state index >= 15 is 0 Å². The number of hydrogen-bond donors (Lipinski definition) is 1. The topological polar surface area (TPSA) is 49.1 Å². The van der Waals surface area contributed by atoms with Gasteiger partial charge in [-0.2, -0.15) is 5.10 Å². The van der Waals surface area contributed by atoms with Gasteiger partial charge in [0.15, 0.2) is 0 Å². The summed E-state index contributed by atoms with van der Waals surface area (Å²) in [6, 6.07) is 0. The lowest BCUT2D eigenvalue weighted by Gasteiger charge is -1.93. The summed E-state index contributed by atoms with van der Waals surface area (Å²) in [5.74, 6) is 0. The second kappa shape index (κ2) is 2.26. The van der Waals surface area contributed by atoms with E-state index in [-0.39, 0.29) is 0 Å². The van der Waals surface area contributed by atoms with Crippen LogP contribution < -0.4 is 4.83 Å². The average Bonchev–Trinajstić information content (AvgIpc) is 2.28. The smallest absolute Gasteiger partial charge is 0.145 e. The number of fused-ring (bicyclic) bond motifs is 1. The van der Waals surface area contributed by atoms with Crippen LogP contribution in [-0.4, -0.2) is 17.6 Å². The van der Waals surface area contributed by atoms with E-state index < -0.39 is 0 Å². The van der Waals surface area contributed by atoms with Crippen LogP contribution in [0.2, 0.25) is 0 Å². The van der Waals surface area contributed by atoms with E-state index in [1.807, 2.05) is 6.08 Å². The van der Waals surface area contributed by atoms with Crippen LogP contribution >= 0.6 is 11.9 Å². The Hall–Kier alpha value is -1.10. The Bertz CT molecular complexity index is 263. The molecule has 50 valence electrons. The lowest BCUT2D eigenvalue weighted by atomic mass is 10.4. The molecule has 0 aromatic heterocycles. The van der Waals surface area contributed by atoms with Crippen molar-refractivity contribution < 1.29 is 0 Å². The fourth-order valence-corrected chi connectivity index (χ4v) is 1.19. The fourth-order valence-electron chi connectivity index (χ4n) is 0.666. The maximum atomic E-state index is 4.00. The lowest BCUT2D eigenvalue weighted by molar-refractivity contribution is 1.14. The second-order valence-corrected chi connectivity index (χ2v) is 2.48. The van der Waals surface area contributed by atoms with Crippen LogP contribution in [0.3, 0.4) is 0 Å². The predicted molar refractivity (Wildman–Crippen MR) is 43.2 cm³/mol. The molecule has 0 saturated carbocycles. The van der Waals surface area contributed by atoms with Gasteiger partial charge in [-0.15, -0.1) is 0 Å². The van der Waals surface area contributed by atoms with Crippen LogP contribution in [0.15, 0.2) is 26.9 Å². The number of rotatable bonds is 0. The van der Waals surface area contributed by atoms with E-state index in [2.05, 4.69) is 19.9 Å². The maximum absolute atomic E-state index is 4.00. The molecule has 0 aromatic carbocycles. The van der Waals surface area contributed by atoms with Gasteiger partial charge in [0.2, 0.25) is 0 Å². The van der Waals surface area contributed by atoms with Crippen molar-refractivity contribution in [1.82, 2.24) is 4.83 Å². The van der Waals surface area contributed by atoms with E-state index in [1.165, 1.54) is 18.3 Å². The zero-order chi connectivity index (χ0) is 6.81. The number of allylic oxidation sites excluding steroid dienone is 1. The molecule has 0 spiro atoms. The van der Waals surface area contributed by atoms with Gasteiger partial charge in [-0.3, -0.25) is 0 Å². The number of nitrogens with zero attached hydrogens (tertiary/aromatic N) is 3. The van der Waals surface area contributed by atoms with Gasteiger partial charge < -0.3 is 0 Å². The molecule has 0 saturated heterocycles. The van der Waals surface area contributed by atoms with E-state index in [0.29, 0.717) is 0 Å². The van der Waals surface area contributed by atoms with E-state index in [1.54, 1.807) is 6.21 Å². The van der Waals surface area contributed by atoms with Gasteiger partial charge >= 0.3 is 0 Å². The molecule has 5 heteroatoms. The first-order valence-electron chi connectivity index (χ1n) is 2.73. The SMILES string of the molecule is C1=NNSC2=NC=NC2=C1. The molecular weight excluding hydrogens is 148 g/mol. The Labute approximate surface area is 62.0 Å². The summed E-state index contributed by atoms with van der Waals surface area (Å²) in [7, 11) is 0. The van der Waals surface area contributed by atoms with Crippen molar-refractivity contribution >= 4 is 29.5 Å². The van der Waals surface area contributed by atoms with Gasteiger partial charge in [-0.1, -0.05) is 0 Å². The number of hydrogen-bond acceptors (Lipinski definition) is 5. The van der Waals surface area contributed by atoms with Crippen molar-refractivity contribution in [3.63, 3.8) is 0 Å². The van der Waals surface area contributed by atoms with Crippen molar-refractivity contribution in [2.75, 3.05) is 0 Å². The summed E-state index contributed by atoms with van der Waals surface area (Å²) >= 11 is 1.36. The van der Waals surface area contributed by atoms with Gasteiger partial charge in [0.1, 0.15) is 17.1 Å². The van der Waals surface area contributed by atoms with Crippen LogP contribution in [0.5, 0.6) is 0 Å². The summed E-state index contributed by atoms with van der Waals surface area (Å²) in [5.41, 5.74) is 0.874. The molecule has 2 rings (SSSR count). The maximum Gasteiger partial charge on any atom is 0.145 e. The molecule has 2 aliphatic heterocycles. The molecule has 4 nitrogen and oxygen atoms in total. The highest BCUT2D eigenvalue weighted by molar-refractivity contribution is 8.12. The Morgan fingerprint density at radius 3 is 3.50 bits per heavy atom. The quantitative estimate of drug-likeness (QED) is 0.515. The molecule has 10 heavy (non-hydrogen) atoms. The summed E-state index contributed by atoms with van der Waals surface area (Å²) in [6.07, 6.45) is 5.01. The van der Waals surface area contributed by atoms with Crippen molar-refractivity contribution in [2.45, 2.75) is 0 Å². The minimum atomic E-state index is 0.873. The normalized spacial score (nSPS) is 20.8. The molecule has 2 heterocycles. The highest BCUT2D eigenvalue weighted by Crippen LogP contribution is 2.15. The molecular formula is C5H4N4S. The van der Waals surface area contributed by atoms with Crippen LogP contribution in [-0.2, 0) is 0 Å². The predicted octanol–water partition coefficient (Wildman–Crippen LogP) is 0.548. The Morgan fingerprint density at radius 1 is 1.50 bits per heavy atom. The lowest BCUT2D eigenvalue weighted by Crippen LogP contribution is -1.97. The highest BCUT2D eigenvalue weighted by Gasteiger charge is 2.11. The van der Waals surface area contributed by atoms with Gasteiger partial charge in [0.05, 0.1) is 6.21 Å². The Balaban J connectivity index is 2.36. The monoisotopic (exact) mass is 152 g/mol. The molecule has 0 aromatic rings. The van der Waals surface area contributed by atoms with Crippen molar-refractivity contribution in [3.05, 3.63) is 11.8 Å². The summed E-state index contributed by atoms with van der Waals surface area (Å²) in [4.78, 5) is 10.7. The number of hydrazone groups is 1. The summed E-state index contributed by atoms with van der Waals surface area (Å²) in [5, 5.41) is 4.68. The molecule has 0 unspecified atom stereocenters. The Morgan fingerprint density at radius 2 is 2.50 bits per heavy atom. The third-order valence-electron chi connectivity index (χ3n) is 1.09. The first-order valence-corrected chi connectivity index (χ1v) is 3.54. The van der Waals surface area contributed by atoms with E-state index in [4.69, 9.17) is 0 Å². The molecule has 0 aliphatic carbocycles. The Kier molecular flexibility index (Phi) is 1.28. The number of aliphatic imine (C=N–C) groups is 2. The zero-order valence-corrected chi connectivity index (χ0v) is 5.80. The van der Waals surface area contributed by atoms with Crippen LogP contribution in [0.25, 0.3) is 0 Å². The first-order chi connectivity index (χ1) is 4.97. The molecule has 0 amide bonds. The second-order valence-electron chi connectivity index (χ2n) is 1.70. The van der Waals surface area contributed by atoms with Crippen molar-refractivity contribution in [1.29, 1.82) is 0 Å². The summed E-state index contributed by atoms with van der Waals surface area (Å²) in [6.45, 7) is 0. The molecule has 2 aliphatic rings. The summed E-state index contributed by atoms with van der Waals surface area (Å²) < 4.78 is 0. The van der Waals surface area contributed by atoms with Crippen molar-refractivity contribution in [2.24, 2.45) is 15.1 Å². The van der Waals surface area contributed by atoms with Gasteiger partial charge in [0.25, 0.3) is 0 Å². The zero-order valence-electron chi connectivity index (χ0n) is 4.98. The van der Waals surface area contributed by atoms with Crippen LogP contribution in [0.1, 0.15) is 0 Å².